The summed E-state index contributed by atoms with van der Waals surface area (Å²) in [6.07, 6.45) is 0. The lowest BCUT2D eigenvalue weighted by atomic mass is 10.3. The fourth-order valence-electron chi connectivity index (χ4n) is 1.40. The van der Waals surface area contributed by atoms with E-state index < -0.39 is 42.3 Å². The molecule has 0 aliphatic rings. The van der Waals surface area contributed by atoms with Crippen molar-refractivity contribution in [2.45, 2.75) is 9.79 Å². The number of para-hydroxylation sites is 1. The van der Waals surface area contributed by atoms with Crippen molar-refractivity contribution in [3.8, 4) is 23.0 Å². The molecule has 2 aromatic carbocycles. The van der Waals surface area contributed by atoms with Crippen molar-refractivity contribution in [1.29, 1.82) is 0 Å². The van der Waals surface area contributed by atoms with Gasteiger partial charge in [0.25, 0.3) is 10.1 Å². The second kappa shape index (κ2) is 6.92. The van der Waals surface area contributed by atoms with Crippen LogP contribution in [0.3, 0.4) is 0 Å². The number of phenols is 4. The molecule has 7 N–H and O–H groups in total. The van der Waals surface area contributed by atoms with E-state index in [-0.39, 0.29) is 10.6 Å². The molecular formula is C12H13NO9S2. The summed E-state index contributed by atoms with van der Waals surface area (Å²) in [5, 5.41) is 40.3. The summed E-state index contributed by atoms with van der Waals surface area (Å²) < 4.78 is 50.8. The average molecular weight is 379 g/mol. The molecule has 2 rings (SSSR count). The number of hydrogen-bond acceptors (Lipinski definition) is 8. The smallest absolute Gasteiger partial charge is 0.298 e. The quantitative estimate of drug-likeness (QED) is 0.309. The number of benzene rings is 2. The molecule has 0 radical (unpaired) electrons. The van der Waals surface area contributed by atoms with Crippen LogP contribution in [-0.4, -0.2) is 41.8 Å². The van der Waals surface area contributed by atoms with Gasteiger partial charge in [0.1, 0.15) is 4.90 Å². The molecule has 2 aromatic rings. The number of nitrogens with two attached hydrogens (primary N) is 1. The van der Waals surface area contributed by atoms with E-state index in [0.717, 1.165) is 30.3 Å². The number of rotatable bonds is 2. The van der Waals surface area contributed by atoms with Crippen LogP contribution in [-0.2, 0) is 20.1 Å². The van der Waals surface area contributed by atoms with Gasteiger partial charge in [-0.1, -0.05) is 6.07 Å². The van der Waals surface area contributed by atoms with Crippen molar-refractivity contribution >= 4 is 20.1 Å². The minimum atomic E-state index is -4.47. The van der Waals surface area contributed by atoms with Crippen molar-refractivity contribution in [2.24, 2.45) is 5.14 Å². The molecular weight excluding hydrogens is 366 g/mol. The van der Waals surface area contributed by atoms with Gasteiger partial charge in [-0.2, -0.15) is 8.42 Å². The Morgan fingerprint density at radius 3 is 1.79 bits per heavy atom. The summed E-state index contributed by atoms with van der Waals surface area (Å²) in [6.45, 7) is 0. The van der Waals surface area contributed by atoms with E-state index in [1.165, 1.54) is 6.07 Å². The van der Waals surface area contributed by atoms with Crippen LogP contribution in [0.1, 0.15) is 0 Å². The van der Waals surface area contributed by atoms with Crippen LogP contribution in [0.15, 0.2) is 46.2 Å². The maximum absolute atomic E-state index is 10.7. The molecule has 0 aromatic heterocycles. The summed E-state index contributed by atoms with van der Waals surface area (Å²) in [4.78, 5) is -0.944. The number of primary sulfonamides is 1. The first-order chi connectivity index (χ1) is 10.8. The molecule has 0 saturated heterocycles. The molecule has 0 saturated carbocycles. The van der Waals surface area contributed by atoms with Crippen LogP contribution in [0.4, 0.5) is 0 Å². The lowest BCUT2D eigenvalue weighted by molar-refractivity contribution is 0.389. The number of sulfonamides is 1. The summed E-state index contributed by atoms with van der Waals surface area (Å²) in [5.41, 5.74) is 0. The largest absolute Gasteiger partial charge is 0.504 e. The standard InChI is InChI=1S/C6H7NO4S.C6H6O5S/c7-12(10,11)4-1-2-5(8)6(9)3-4;7-4-2-1-3-5(6(4)8)12(9,10)11/h1-3,8-9H,(H2,7,10,11);1-3,7-8H,(H,9,10,11). The molecule has 0 aliphatic heterocycles. The van der Waals surface area contributed by atoms with Gasteiger partial charge < -0.3 is 20.4 Å². The van der Waals surface area contributed by atoms with Crippen molar-refractivity contribution in [1.82, 2.24) is 0 Å². The molecule has 0 aliphatic carbocycles. The van der Waals surface area contributed by atoms with Crippen LogP contribution in [0, 0.1) is 0 Å². The highest BCUT2D eigenvalue weighted by Crippen LogP contribution is 2.31. The number of hydrogen-bond donors (Lipinski definition) is 6. The van der Waals surface area contributed by atoms with Crippen molar-refractivity contribution in [3.63, 3.8) is 0 Å². The minimum Gasteiger partial charge on any atom is -0.504 e. The second-order valence-corrected chi connectivity index (χ2v) is 7.25. The molecule has 0 amide bonds. The molecule has 10 nitrogen and oxygen atoms in total. The van der Waals surface area contributed by atoms with E-state index in [4.69, 9.17) is 30.1 Å². The Morgan fingerprint density at radius 1 is 0.792 bits per heavy atom. The third kappa shape index (κ3) is 4.99. The lowest BCUT2D eigenvalue weighted by Crippen LogP contribution is -2.11. The van der Waals surface area contributed by atoms with Gasteiger partial charge in [-0.3, -0.25) is 4.55 Å². The van der Waals surface area contributed by atoms with Crippen LogP contribution in [0.5, 0.6) is 23.0 Å². The lowest BCUT2D eigenvalue weighted by Gasteiger charge is -2.01. The highest BCUT2D eigenvalue weighted by Gasteiger charge is 2.17. The predicted octanol–water partition coefficient (Wildman–Crippen LogP) is 0.0897. The zero-order valence-corrected chi connectivity index (χ0v) is 13.4. The Labute approximate surface area is 136 Å². The van der Waals surface area contributed by atoms with Crippen LogP contribution in [0.2, 0.25) is 0 Å². The summed E-state index contributed by atoms with van der Waals surface area (Å²) >= 11 is 0. The third-order valence-corrected chi connectivity index (χ3v) is 4.33. The highest BCUT2D eigenvalue weighted by molar-refractivity contribution is 7.89. The molecule has 0 heterocycles. The Kier molecular flexibility index (Phi) is 5.62. The topological polar surface area (TPSA) is 195 Å². The first-order valence-corrected chi connectivity index (χ1v) is 8.86. The van der Waals surface area contributed by atoms with Gasteiger partial charge in [0.15, 0.2) is 23.0 Å². The van der Waals surface area contributed by atoms with E-state index in [0.29, 0.717) is 0 Å². The summed E-state index contributed by atoms with van der Waals surface area (Å²) in [6, 6.07) is 6.30. The fraction of sp³-hybridized carbons (Fsp3) is 0. The van der Waals surface area contributed by atoms with E-state index in [1.807, 2.05) is 0 Å². The first-order valence-electron chi connectivity index (χ1n) is 5.87. The molecule has 0 bridgehead atoms. The molecule has 0 atom stereocenters. The van der Waals surface area contributed by atoms with E-state index in [1.54, 1.807) is 0 Å². The molecule has 132 valence electrons. The SMILES string of the molecule is NS(=O)(=O)c1ccc(O)c(O)c1.O=S(=O)(O)c1cccc(O)c1O. The van der Waals surface area contributed by atoms with Gasteiger partial charge in [-0.15, -0.1) is 0 Å². The van der Waals surface area contributed by atoms with Crippen LogP contribution in [0.25, 0.3) is 0 Å². The van der Waals surface area contributed by atoms with Gasteiger partial charge in [0.2, 0.25) is 10.0 Å². The normalized spacial score (nSPS) is 11.4. The van der Waals surface area contributed by atoms with Gasteiger partial charge in [-0.25, -0.2) is 13.6 Å². The zero-order chi connectivity index (χ0) is 18.7. The minimum absolute atomic E-state index is 0.238. The molecule has 0 spiro atoms. The van der Waals surface area contributed by atoms with Gasteiger partial charge >= 0.3 is 0 Å². The summed E-state index contributed by atoms with van der Waals surface area (Å²) in [5.74, 6) is -2.34. The number of phenolic OH excluding ortho intramolecular Hbond substituents is 4. The Balaban J connectivity index is 0.000000240. The van der Waals surface area contributed by atoms with E-state index in [9.17, 15) is 16.8 Å². The molecule has 0 unspecified atom stereocenters. The van der Waals surface area contributed by atoms with Crippen molar-refractivity contribution < 1.29 is 41.8 Å². The zero-order valence-electron chi connectivity index (χ0n) is 11.7. The van der Waals surface area contributed by atoms with E-state index >= 15 is 0 Å². The average Bonchev–Trinajstić information content (AvgIpc) is 2.43. The highest BCUT2D eigenvalue weighted by atomic mass is 32.2. The van der Waals surface area contributed by atoms with Gasteiger partial charge in [-0.05, 0) is 24.3 Å². The third-order valence-electron chi connectivity index (χ3n) is 2.53. The van der Waals surface area contributed by atoms with E-state index in [2.05, 4.69) is 0 Å². The Morgan fingerprint density at radius 2 is 1.38 bits per heavy atom. The molecule has 12 heteroatoms. The maximum atomic E-state index is 10.7. The fourth-order valence-corrected chi connectivity index (χ4v) is 2.53. The van der Waals surface area contributed by atoms with Crippen LogP contribution < -0.4 is 5.14 Å². The number of aromatic hydroxyl groups is 4. The summed E-state index contributed by atoms with van der Waals surface area (Å²) in [7, 11) is -8.28. The van der Waals surface area contributed by atoms with Gasteiger partial charge in [0.05, 0.1) is 4.90 Å². The molecule has 0 fully saturated rings. The predicted molar refractivity (Wildman–Crippen MR) is 80.7 cm³/mol. The van der Waals surface area contributed by atoms with Crippen molar-refractivity contribution in [3.05, 3.63) is 36.4 Å². The second-order valence-electron chi connectivity index (χ2n) is 4.29. The first kappa shape index (κ1) is 19.5. The van der Waals surface area contributed by atoms with Gasteiger partial charge in [0, 0.05) is 6.07 Å². The monoisotopic (exact) mass is 379 g/mol. The maximum Gasteiger partial charge on any atom is 0.298 e. The Bertz CT molecular complexity index is 952. The molecule has 24 heavy (non-hydrogen) atoms. The van der Waals surface area contributed by atoms with Crippen LogP contribution >= 0.6 is 0 Å². The Hall–Kier alpha value is -2.54. The van der Waals surface area contributed by atoms with Crippen molar-refractivity contribution in [2.75, 3.05) is 0 Å².